The minimum absolute atomic E-state index is 1.24. The minimum Gasteiger partial charge on any atom is -0.0651 e. The summed E-state index contributed by atoms with van der Waals surface area (Å²) < 4.78 is 0. The Balaban J connectivity index is 2.28. The lowest BCUT2D eigenvalue weighted by molar-refractivity contribution is 0.678. The number of benzene rings is 2. The van der Waals surface area contributed by atoms with Crippen molar-refractivity contribution < 1.29 is 0 Å². The molecule has 0 unspecified atom stereocenters. The van der Waals surface area contributed by atoms with Crippen molar-refractivity contribution >= 4 is 10.8 Å². The van der Waals surface area contributed by atoms with Crippen LogP contribution in [-0.4, -0.2) is 0 Å². The lowest BCUT2D eigenvalue weighted by Gasteiger charge is -2.21. The number of fused-ring (bicyclic) bond motifs is 2. The summed E-state index contributed by atoms with van der Waals surface area (Å²) in [6.45, 7) is 2.29. The maximum atomic E-state index is 2.43. The molecule has 0 N–H and O–H groups in total. The molecule has 0 fully saturated rings. The summed E-state index contributed by atoms with van der Waals surface area (Å²) in [5.74, 6) is 0. The molecule has 0 aliphatic heterocycles. The van der Waals surface area contributed by atoms with E-state index in [-0.39, 0.29) is 0 Å². The van der Waals surface area contributed by atoms with E-state index in [2.05, 4.69) is 37.3 Å². The summed E-state index contributed by atoms with van der Waals surface area (Å²) in [5.41, 5.74) is 4.94. The van der Waals surface area contributed by atoms with E-state index < -0.39 is 0 Å². The first-order valence-electron chi connectivity index (χ1n) is 6.92. The van der Waals surface area contributed by atoms with Crippen molar-refractivity contribution in [3.63, 3.8) is 0 Å². The van der Waals surface area contributed by atoms with Crippen LogP contribution in [0.1, 0.15) is 42.9 Å². The lowest BCUT2D eigenvalue weighted by atomic mass is 9.84. The van der Waals surface area contributed by atoms with E-state index in [1.807, 2.05) is 0 Å². The van der Waals surface area contributed by atoms with Gasteiger partial charge in [0.25, 0.3) is 0 Å². The van der Waals surface area contributed by atoms with Gasteiger partial charge in [-0.3, -0.25) is 0 Å². The number of hydrogen-bond acceptors (Lipinski definition) is 0. The van der Waals surface area contributed by atoms with Crippen molar-refractivity contribution in [1.82, 2.24) is 0 Å². The monoisotopic (exact) mass is 224 g/mol. The predicted molar refractivity (Wildman–Crippen MR) is 74.6 cm³/mol. The maximum absolute atomic E-state index is 2.43. The van der Waals surface area contributed by atoms with Gasteiger partial charge in [-0.05, 0) is 59.6 Å². The molecule has 0 bridgehead atoms. The molecule has 0 saturated carbocycles. The van der Waals surface area contributed by atoms with E-state index >= 15 is 0 Å². The number of aryl methyl sites for hydroxylation is 2. The van der Waals surface area contributed by atoms with Crippen LogP contribution in [0, 0.1) is 0 Å². The predicted octanol–water partition coefficient (Wildman–Crippen LogP) is 4.67. The van der Waals surface area contributed by atoms with Gasteiger partial charge in [-0.2, -0.15) is 0 Å². The Labute approximate surface area is 104 Å². The van der Waals surface area contributed by atoms with Crippen molar-refractivity contribution in [2.45, 2.75) is 45.4 Å². The van der Waals surface area contributed by atoms with Gasteiger partial charge in [0.2, 0.25) is 0 Å². The summed E-state index contributed by atoms with van der Waals surface area (Å²) in [6.07, 6.45) is 7.83. The van der Waals surface area contributed by atoms with Gasteiger partial charge in [-0.25, -0.2) is 0 Å². The molecule has 1 aliphatic carbocycles. The van der Waals surface area contributed by atoms with Crippen LogP contribution in [-0.2, 0) is 19.3 Å². The summed E-state index contributed by atoms with van der Waals surface area (Å²) in [6, 6.07) is 11.3. The molecular formula is C17H20. The Kier molecular flexibility index (Phi) is 2.88. The van der Waals surface area contributed by atoms with Crippen LogP contribution in [0.5, 0.6) is 0 Å². The van der Waals surface area contributed by atoms with E-state index in [4.69, 9.17) is 0 Å². The molecule has 2 aromatic carbocycles. The van der Waals surface area contributed by atoms with E-state index in [0.29, 0.717) is 0 Å². The Morgan fingerprint density at radius 1 is 1.06 bits per heavy atom. The molecule has 0 atom stereocenters. The number of rotatable bonds is 2. The maximum Gasteiger partial charge on any atom is -0.0149 e. The Bertz CT molecular complexity index is 537. The topological polar surface area (TPSA) is 0 Å². The van der Waals surface area contributed by atoms with E-state index in [0.717, 1.165) is 0 Å². The van der Waals surface area contributed by atoms with Gasteiger partial charge in [0.1, 0.15) is 0 Å². The van der Waals surface area contributed by atoms with Gasteiger partial charge in [0.05, 0.1) is 0 Å². The van der Waals surface area contributed by atoms with Crippen LogP contribution in [0.3, 0.4) is 0 Å². The van der Waals surface area contributed by atoms with Gasteiger partial charge in [-0.15, -0.1) is 0 Å². The van der Waals surface area contributed by atoms with Crippen molar-refractivity contribution in [3.8, 4) is 0 Å². The molecule has 0 radical (unpaired) electrons. The molecule has 0 heterocycles. The summed E-state index contributed by atoms with van der Waals surface area (Å²) >= 11 is 0. The van der Waals surface area contributed by atoms with Crippen LogP contribution in [0.4, 0.5) is 0 Å². The Morgan fingerprint density at radius 2 is 1.88 bits per heavy atom. The first-order valence-corrected chi connectivity index (χ1v) is 6.92. The normalized spacial score (nSPS) is 14.9. The highest BCUT2D eigenvalue weighted by Crippen LogP contribution is 2.32. The van der Waals surface area contributed by atoms with Crippen LogP contribution >= 0.6 is 0 Å². The first kappa shape index (κ1) is 10.8. The fourth-order valence-corrected chi connectivity index (χ4v) is 3.22. The third-order valence-electron chi connectivity index (χ3n) is 3.99. The molecule has 0 saturated heterocycles. The van der Waals surface area contributed by atoms with Gasteiger partial charge in [0, 0.05) is 0 Å². The molecule has 17 heavy (non-hydrogen) atoms. The largest absolute Gasteiger partial charge is 0.0651 e. The van der Waals surface area contributed by atoms with Gasteiger partial charge in [-0.1, -0.05) is 43.7 Å². The fraction of sp³-hybridized carbons (Fsp3) is 0.412. The molecule has 3 rings (SSSR count). The van der Waals surface area contributed by atoms with Gasteiger partial charge >= 0.3 is 0 Å². The van der Waals surface area contributed by atoms with Gasteiger partial charge < -0.3 is 0 Å². The second-order valence-corrected chi connectivity index (χ2v) is 5.17. The minimum atomic E-state index is 1.24. The Hall–Kier alpha value is -1.30. The standard InChI is InChI=1S/C17H20/c1-2-7-17-15-10-5-3-8-13(15)12-14-9-4-6-11-16(14)17/h3,5,8,10,12H,2,4,6-7,9,11H2,1H3. The third kappa shape index (κ3) is 1.86. The van der Waals surface area contributed by atoms with E-state index in [1.54, 1.807) is 16.7 Å². The van der Waals surface area contributed by atoms with Crippen molar-refractivity contribution in [2.24, 2.45) is 0 Å². The summed E-state index contributed by atoms with van der Waals surface area (Å²) in [5, 5.41) is 2.94. The smallest absolute Gasteiger partial charge is 0.0149 e. The molecular weight excluding hydrogens is 204 g/mol. The van der Waals surface area contributed by atoms with Crippen LogP contribution in [0.15, 0.2) is 30.3 Å². The SMILES string of the molecule is CCCc1c2c(cc3ccccc13)CCCC2. The zero-order chi connectivity index (χ0) is 11.7. The molecule has 0 heteroatoms. The van der Waals surface area contributed by atoms with E-state index in [1.165, 1.54) is 49.3 Å². The molecule has 0 spiro atoms. The van der Waals surface area contributed by atoms with Crippen LogP contribution in [0.25, 0.3) is 10.8 Å². The van der Waals surface area contributed by atoms with Crippen LogP contribution in [0.2, 0.25) is 0 Å². The zero-order valence-electron chi connectivity index (χ0n) is 10.6. The van der Waals surface area contributed by atoms with E-state index in [9.17, 15) is 0 Å². The average Bonchev–Trinajstić information content (AvgIpc) is 2.39. The lowest BCUT2D eigenvalue weighted by Crippen LogP contribution is -2.07. The highest BCUT2D eigenvalue weighted by molar-refractivity contribution is 5.88. The fourth-order valence-electron chi connectivity index (χ4n) is 3.22. The summed E-state index contributed by atoms with van der Waals surface area (Å²) in [7, 11) is 0. The molecule has 2 aromatic rings. The second-order valence-electron chi connectivity index (χ2n) is 5.17. The van der Waals surface area contributed by atoms with Crippen molar-refractivity contribution in [2.75, 3.05) is 0 Å². The molecule has 88 valence electrons. The van der Waals surface area contributed by atoms with Crippen LogP contribution < -0.4 is 0 Å². The van der Waals surface area contributed by atoms with Crippen molar-refractivity contribution in [1.29, 1.82) is 0 Å². The highest BCUT2D eigenvalue weighted by atomic mass is 14.2. The number of hydrogen-bond donors (Lipinski definition) is 0. The summed E-state index contributed by atoms with van der Waals surface area (Å²) in [4.78, 5) is 0. The molecule has 1 aliphatic rings. The third-order valence-corrected chi connectivity index (χ3v) is 3.99. The average molecular weight is 224 g/mol. The quantitative estimate of drug-likeness (QED) is 0.695. The van der Waals surface area contributed by atoms with Gasteiger partial charge in [0.15, 0.2) is 0 Å². The molecule has 0 aromatic heterocycles. The molecule has 0 nitrogen and oxygen atoms in total. The Morgan fingerprint density at radius 3 is 2.76 bits per heavy atom. The van der Waals surface area contributed by atoms with Crippen molar-refractivity contribution in [3.05, 3.63) is 47.0 Å². The second kappa shape index (κ2) is 4.52. The first-order chi connectivity index (χ1) is 8.40. The highest BCUT2D eigenvalue weighted by Gasteiger charge is 2.15. The molecule has 0 amide bonds. The zero-order valence-corrected chi connectivity index (χ0v) is 10.6.